The number of benzene rings is 19. The molecule has 2 aliphatic carbocycles. The first-order chi connectivity index (χ1) is 62.0. The first kappa shape index (κ1) is 71.7. The van der Waals surface area contributed by atoms with Crippen LogP contribution in [-0.2, 0) is 10.8 Å². The molecule has 0 saturated carbocycles. The molecule has 6 heterocycles. The fourth-order valence-corrected chi connectivity index (χ4v) is 24.9. The van der Waals surface area contributed by atoms with Gasteiger partial charge in [-0.3, -0.25) is 0 Å². The van der Waals surface area contributed by atoms with Crippen molar-refractivity contribution in [1.29, 1.82) is 0 Å². The first-order valence-corrected chi connectivity index (χ1v) is 45.2. The maximum absolute atomic E-state index is 5.50. The van der Waals surface area contributed by atoms with E-state index in [1.807, 2.05) is 41.7 Å². The molecule has 19 aromatic carbocycles. The van der Waals surface area contributed by atoms with E-state index < -0.39 is 10.8 Å². The molecular weight excluding hydrogens is 1570 g/mol. The molecule has 0 radical (unpaired) electrons. The molecule has 27 rings (SSSR count). The number of hydrogen-bond donors (Lipinski definition) is 0. The molecule has 4 aromatic heterocycles. The van der Waals surface area contributed by atoms with Gasteiger partial charge in [0.15, 0.2) is 5.82 Å². The van der Waals surface area contributed by atoms with Crippen LogP contribution < -0.4 is 0 Å². The van der Waals surface area contributed by atoms with Gasteiger partial charge in [0.1, 0.15) is 0 Å². The van der Waals surface area contributed by atoms with Gasteiger partial charge in [-0.1, -0.05) is 381 Å². The van der Waals surface area contributed by atoms with E-state index in [4.69, 9.17) is 19.9 Å². The lowest BCUT2D eigenvalue weighted by atomic mass is 9.67. The maximum atomic E-state index is 5.50. The highest BCUT2D eigenvalue weighted by Gasteiger charge is 2.52. The Kier molecular flexibility index (Phi) is 16.2. The molecule has 0 N–H and O–H groups in total. The van der Waals surface area contributed by atoms with E-state index in [9.17, 15) is 0 Å². The minimum absolute atomic E-state index is 0.446. The zero-order valence-corrected chi connectivity index (χ0v) is 69.9. The fraction of sp³-hybridized carbons (Fsp3) is 0.0169. The van der Waals surface area contributed by atoms with Crippen molar-refractivity contribution in [2.24, 2.45) is 0 Å². The van der Waals surface area contributed by atoms with Gasteiger partial charge in [-0.2, -0.15) is 0 Å². The molecule has 0 fully saturated rings. The second-order valence-electron chi connectivity index (χ2n) is 33.1. The summed E-state index contributed by atoms with van der Waals surface area (Å²) in [4.78, 5) is 26.6. The van der Waals surface area contributed by atoms with Gasteiger partial charge in [-0.05, 0) is 199 Å². The number of thiophene rings is 1. The van der Waals surface area contributed by atoms with Gasteiger partial charge in [0.25, 0.3) is 0 Å². The van der Waals surface area contributed by atoms with E-state index in [2.05, 4.69) is 406 Å². The Hall–Kier alpha value is -15.0. The van der Waals surface area contributed by atoms with Crippen molar-refractivity contribution < 1.29 is 0 Å². The van der Waals surface area contributed by atoms with Crippen molar-refractivity contribution in [2.45, 2.75) is 30.4 Å². The highest BCUT2D eigenvalue weighted by molar-refractivity contribution is 7.99. The van der Waals surface area contributed by atoms with Crippen LogP contribution in [0.3, 0.4) is 0 Å². The lowest BCUT2D eigenvalue weighted by Gasteiger charge is -2.39. The van der Waals surface area contributed by atoms with Crippen LogP contribution >= 0.6 is 34.9 Å². The topological polar surface area (TPSA) is 51.6 Å². The third-order valence-corrected chi connectivity index (χ3v) is 30.1. The monoisotopic (exact) mass is 1640 g/mol. The minimum atomic E-state index is -0.447. The zero-order valence-electron chi connectivity index (χ0n) is 67.4. The highest BCUT2D eigenvalue weighted by atomic mass is 32.2. The van der Waals surface area contributed by atoms with Crippen molar-refractivity contribution in [1.82, 2.24) is 19.9 Å². The van der Waals surface area contributed by atoms with E-state index in [-0.39, 0.29) is 0 Å². The van der Waals surface area contributed by atoms with E-state index in [1.165, 1.54) is 162 Å². The van der Waals surface area contributed by atoms with Crippen LogP contribution in [0.15, 0.2) is 444 Å². The molecule has 2 spiro atoms. The fourth-order valence-electron chi connectivity index (χ4n) is 21.3. The molecule has 580 valence electrons. The van der Waals surface area contributed by atoms with Gasteiger partial charge >= 0.3 is 0 Å². The van der Waals surface area contributed by atoms with Crippen LogP contribution in [0.4, 0.5) is 0 Å². The number of para-hydroxylation sites is 2. The summed E-state index contributed by atoms with van der Waals surface area (Å²) in [6, 6.07) is 156. The van der Waals surface area contributed by atoms with Gasteiger partial charge in [-0.25, -0.2) is 19.9 Å². The van der Waals surface area contributed by atoms with E-state index in [1.54, 1.807) is 11.3 Å². The van der Waals surface area contributed by atoms with Crippen LogP contribution in [0.1, 0.15) is 44.5 Å². The standard InChI is InChI=1S/C64H39NS.C54H31N3S2/c1-2-16-40(17-3-1)41-30-32-42(33-31-41)61-47-20-4-6-22-49(47)62(50-23-7-5-21-48(50)61)43-34-36-44(37-35-43)63-53-38-52-45-18-8-10-24-54(45)64(57(52)39-51(53)46-19-9-13-27-58(46)65-63)55-25-11-14-28-59(55)66-60-29-15-12-26-56(60)64;1-2-14-34(15-3-1)53-56-50(52-51(57-53)37-18-6-11-23-46(37)59-52)33-28-26-32(27-29-33)49-40-30-39-35-16-4-7-19-41(35)54(44(39)31-38(40)36-17-5-10-22-45(36)55-49)42-20-8-12-24-47(42)58-48-25-13-9-21-43(48)54/h1-39H;1-31H. The first-order valence-electron chi connectivity index (χ1n) is 42.7. The summed E-state index contributed by atoms with van der Waals surface area (Å²) in [6.45, 7) is 0. The van der Waals surface area contributed by atoms with Gasteiger partial charge in [0, 0.05) is 73.5 Å². The highest BCUT2D eigenvalue weighted by Crippen LogP contribution is 2.66. The summed E-state index contributed by atoms with van der Waals surface area (Å²) in [5.41, 5.74) is 32.4. The number of hydrogen-bond acceptors (Lipinski definition) is 7. The van der Waals surface area contributed by atoms with Crippen molar-refractivity contribution >= 4 is 120 Å². The third kappa shape index (κ3) is 10.8. The SMILES string of the molecule is c1ccc(-c2ccc(-c3c4ccccc4c(-c4ccc(-c5nc6ccccc6c6cc7c(cc56)-c5ccccc5C75c6ccccc6Sc6ccccc65)cc4)c4ccccc34)cc2)cc1.c1ccc(-c2nc(-c3ccc(-c4nc5ccccc5c5cc6c(cc45)-c4ccccc4C64c5ccccc5Sc5ccccc54)cc3)c3sc4ccccc4c3n2)cc1. The number of pyridine rings is 2. The number of nitrogens with zero attached hydrogens (tertiary/aromatic N) is 4. The van der Waals surface area contributed by atoms with E-state index in [0.717, 1.165) is 88.0 Å². The number of fused-ring (bicyclic) bond motifs is 29. The van der Waals surface area contributed by atoms with E-state index in [0.29, 0.717) is 0 Å². The molecule has 0 atom stereocenters. The van der Waals surface area contributed by atoms with Crippen LogP contribution in [-0.4, -0.2) is 19.9 Å². The Bertz CT molecular complexity index is 8320. The average Bonchev–Trinajstić information content (AvgIpc) is 1.53. The Morgan fingerprint density at radius 2 is 0.520 bits per heavy atom. The predicted octanol–water partition coefficient (Wildman–Crippen LogP) is 31.6. The molecule has 7 heteroatoms. The van der Waals surface area contributed by atoms with Crippen LogP contribution in [0, 0.1) is 0 Å². The summed E-state index contributed by atoms with van der Waals surface area (Å²) in [5.74, 6) is 0.733. The van der Waals surface area contributed by atoms with Crippen molar-refractivity contribution in [3.8, 4) is 101 Å². The molecule has 4 aliphatic rings. The minimum Gasteiger partial charge on any atom is -0.247 e. The largest absolute Gasteiger partial charge is 0.247 e. The molecule has 0 bridgehead atoms. The molecule has 2 aliphatic heterocycles. The van der Waals surface area contributed by atoms with Crippen LogP contribution in [0.25, 0.3) is 186 Å². The lowest BCUT2D eigenvalue weighted by molar-refractivity contribution is 0.723. The second kappa shape index (κ2) is 28.3. The Morgan fingerprint density at radius 3 is 0.960 bits per heavy atom. The van der Waals surface area contributed by atoms with Gasteiger partial charge in [0.2, 0.25) is 0 Å². The van der Waals surface area contributed by atoms with Crippen molar-refractivity contribution in [3.05, 3.63) is 469 Å². The Balaban J connectivity index is 0.000000134. The number of aromatic nitrogens is 4. The predicted molar refractivity (Wildman–Crippen MR) is 523 cm³/mol. The summed E-state index contributed by atoms with van der Waals surface area (Å²) >= 11 is 5.53. The molecule has 4 nitrogen and oxygen atoms in total. The van der Waals surface area contributed by atoms with Gasteiger partial charge < -0.3 is 0 Å². The normalized spacial score (nSPS) is 13.3. The molecule has 0 amide bonds. The second-order valence-corrected chi connectivity index (χ2v) is 36.3. The Morgan fingerprint density at radius 1 is 0.192 bits per heavy atom. The summed E-state index contributed by atoms with van der Waals surface area (Å²) in [7, 11) is 0. The Labute approximate surface area is 734 Å². The average molecular weight is 1640 g/mol. The molecule has 23 aromatic rings. The van der Waals surface area contributed by atoms with Crippen LogP contribution in [0.5, 0.6) is 0 Å². The third-order valence-electron chi connectivity index (χ3n) is 26.7. The van der Waals surface area contributed by atoms with Crippen molar-refractivity contribution in [2.75, 3.05) is 0 Å². The van der Waals surface area contributed by atoms with Crippen molar-refractivity contribution in [3.63, 3.8) is 0 Å². The molecule has 0 saturated heterocycles. The van der Waals surface area contributed by atoms with Crippen LogP contribution in [0.2, 0.25) is 0 Å². The molecular formula is C118H70N4S3. The zero-order chi connectivity index (χ0) is 82.0. The smallest absolute Gasteiger partial charge is 0.160 e. The van der Waals surface area contributed by atoms with Gasteiger partial charge in [-0.15, -0.1) is 11.3 Å². The lowest BCUT2D eigenvalue weighted by Crippen LogP contribution is -2.31. The summed E-state index contributed by atoms with van der Waals surface area (Å²) in [6.07, 6.45) is 0. The summed E-state index contributed by atoms with van der Waals surface area (Å²) in [5, 5.41) is 13.2. The molecule has 0 unspecified atom stereocenters. The maximum Gasteiger partial charge on any atom is 0.160 e. The molecule has 125 heavy (non-hydrogen) atoms. The van der Waals surface area contributed by atoms with E-state index >= 15 is 0 Å². The number of rotatable bonds is 7. The summed E-state index contributed by atoms with van der Waals surface area (Å²) < 4.78 is 2.31. The van der Waals surface area contributed by atoms with Gasteiger partial charge in [0.05, 0.1) is 49.2 Å². The quantitative estimate of drug-likeness (QED) is 0.117.